The van der Waals surface area contributed by atoms with Gasteiger partial charge >= 0.3 is 5.97 Å². The van der Waals surface area contributed by atoms with Crippen molar-refractivity contribution in [3.63, 3.8) is 0 Å². The van der Waals surface area contributed by atoms with Crippen LogP contribution in [0.1, 0.15) is 50.7 Å². The van der Waals surface area contributed by atoms with Crippen molar-refractivity contribution in [1.29, 1.82) is 0 Å². The summed E-state index contributed by atoms with van der Waals surface area (Å²) in [6.45, 7) is 6.30. The fraction of sp³-hybridized carbons (Fsp3) is 0.696. The van der Waals surface area contributed by atoms with E-state index >= 15 is 0 Å². The highest BCUT2D eigenvalue weighted by Gasteiger charge is 2.44. The van der Waals surface area contributed by atoms with Crippen molar-refractivity contribution in [3.8, 4) is 5.75 Å². The van der Waals surface area contributed by atoms with Crippen LogP contribution in [-0.4, -0.2) is 42.0 Å². The highest BCUT2D eigenvalue weighted by Crippen LogP contribution is 2.48. The van der Waals surface area contributed by atoms with E-state index in [1.807, 2.05) is 12.1 Å². The number of aliphatic carboxylic acids is 1. The Morgan fingerprint density at radius 1 is 1.36 bits per heavy atom. The third-order valence-electron chi connectivity index (χ3n) is 6.61. The lowest BCUT2D eigenvalue weighted by atomic mass is 9.73. The third kappa shape index (κ3) is 5.06. The Morgan fingerprint density at radius 3 is 2.93 bits per heavy atom. The van der Waals surface area contributed by atoms with Crippen molar-refractivity contribution in [2.75, 3.05) is 19.7 Å². The van der Waals surface area contributed by atoms with Crippen LogP contribution in [0.2, 0.25) is 0 Å². The quantitative estimate of drug-likeness (QED) is 0.535. The van der Waals surface area contributed by atoms with E-state index in [1.165, 1.54) is 5.56 Å². The molecule has 0 bridgehead atoms. The van der Waals surface area contributed by atoms with Crippen molar-refractivity contribution in [1.82, 2.24) is 5.32 Å². The van der Waals surface area contributed by atoms with Gasteiger partial charge in [-0.05, 0) is 92.5 Å². The second-order valence-electron chi connectivity index (χ2n) is 8.76. The van der Waals surface area contributed by atoms with Crippen molar-refractivity contribution in [3.05, 3.63) is 29.3 Å². The van der Waals surface area contributed by atoms with Gasteiger partial charge in [0.15, 0.2) is 6.61 Å². The first-order valence-electron chi connectivity index (χ1n) is 10.8. The Morgan fingerprint density at radius 2 is 2.18 bits per heavy atom. The number of fused-ring (bicyclic) bond motifs is 2. The zero-order chi connectivity index (χ0) is 20.1. The van der Waals surface area contributed by atoms with Crippen LogP contribution >= 0.6 is 0 Å². The molecule has 2 aliphatic rings. The number of hydrogen-bond donors (Lipinski definition) is 3. The van der Waals surface area contributed by atoms with Gasteiger partial charge in [-0.1, -0.05) is 26.0 Å². The van der Waals surface area contributed by atoms with Crippen LogP contribution in [0.5, 0.6) is 5.75 Å². The van der Waals surface area contributed by atoms with Gasteiger partial charge in [0.05, 0.1) is 6.10 Å². The van der Waals surface area contributed by atoms with E-state index in [1.54, 1.807) is 0 Å². The molecule has 2 aliphatic carbocycles. The topological polar surface area (TPSA) is 78.8 Å². The van der Waals surface area contributed by atoms with Gasteiger partial charge in [0.2, 0.25) is 0 Å². The number of carbonyl (C=O) groups is 1. The number of carboxylic acid groups (broad SMARTS) is 1. The average molecular weight is 390 g/mol. The van der Waals surface area contributed by atoms with Gasteiger partial charge in [-0.25, -0.2) is 4.79 Å². The Kier molecular flexibility index (Phi) is 7.36. The lowest BCUT2D eigenvalue weighted by Crippen LogP contribution is -2.28. The van der Waals surface area contributed by atoms with Crippen LogP contribution in [0.3, 0.4) is 0 Å². The van der Waals surface area contributed by atoms with Crippen molar-refractivity contribution >= 4 is 5.97 Å². The smallest absolute Gasteiger partial charge is 0.341 e. The standard InChI is InChI=1S/C23H35NO4/c1-3-9-24-13-15(2)7-8-18-19-10-16-5-4-6-22(28-14-23(26)27)20(16)11-17(19)12-21(18)25/h4-6,15,17-19,21,24-25H,3,7-14H2,1-2H3,(H,26,27)/t15?,17-,18+,19-,21+/m0/s1. The number of nitrogens with one attached hydrogen (secondary N) is 1. The minimum atomic E-state index is -0.954. The molecule has 0 amide bonds. The highest BCUT2D eigenvalue weighted by molar-refractivity contribution is 5.68. The zero-order valence-electron chi connectivity index (χ0n) is 17.2. The molecule has 1 aromatic rings. The van der Waals surface area contributed by atoms with E-state index in [4.69, 9.17) is 9.84 Å². The van der Waals surface area contributed by atoms with Gasteiger partial charge in [-0.2, -0.15) is 0 Å². The highest BCUT2D eigenvalue weighted by atomic mass is 16.5. The molecule has 5 heteroatoms. The van der Waals surface area contributed by atoms with Crippen molar-refractivity contribution in [2.45, 2.75) is 58.5 Å². The molecule has 5 nitrogen and oxygen atoms in total. The summed E-state index contributed by atoms with van der Waals surface area (Å²) in [6.07, 6.45) is 5.88. The minimum absolute atomic E-state index is 0.219. The molecule has 5 atom stereocenters. The molecule has 1 unspecified atom stereocenters. The van der Waals surface area contributed by atoms with Gasteiger partial charge in [0, 0.05) is 0 Å². The van der Waals surface area contributed by atoms with Crippen molar-refractivity contribution < 1.29 is 19.7 Å². The lowest BCUT2D eigenvalue weighted by molar-refractivity contribution is -0.139. The van der Waals surface area contributed by atoms with Crippen LogP contribution < -0.4 is 10.1 Å². The molecular formula is C23H35NO4. The molecule has 0 saturated heterocycles. The minimum Gasteiger partial charge on any atom is -0.482 e. The zero-order valence-corrected chi connectivity index (χ0v) is 17.2. The summed E-state index contributed by atoms with van der Waals surface area (Å²) < 4.78 is 5.52. The number of ether oxygens (including phenoxy) is 1. The van der Waals surface area contributed by atoms with Crippen LogP contribution in [0.15, 0.2) is 18.2 Å². The largest absolute Gasteiger partial charge is 0.482 e. The molecule has 28 heavy (non-hydrogen) atoms. The van der Waals surface area contributed by atoms with Gasteiger partial charge in [-0.3, -0.25) is 0 Å². The Bertz CT molecular complexity index is 662. The summed E-state index contributed by atoms with van der Waals surface area (Å²) in [5.41, 5.74) is 2.41. The Hall–Kier alpha value is -1.59. The Balaban J connectivity index is 1.62. The maximum Gasteiger partial charge on any atom is 0.341 e. The third-order valence-corrected chi connectivity index (χ3v) is 6.61. The number of benzene rings is 1. The monoisotopic (exact) mass is 389 g/mol. The summed E-state index contributed by atoms with van der Waals surface area (Å²) in [5, 5.41) is 23.2. The van der Waals surface area contributed by atoms with Gasteiger partial charge in [0.25, 0.3) is 0 Å². The van der Waals surface area contributed by atoms with E-state index in [2.05, 4.69) is 25.2 Å². The summed E-state index contributed by atoms with van der Waals surface area (Å²) in [6, 6.07) is 5.96. The number of carboxylic acids is 1. The maximum atomic E-state index is 10.9. The number of aliphatic hydroxyl groups excluding tert-OH is 1. The summed E-state index contributed by atoms with van der Waals surface area (Å²) >= 11 is 0. The first-order chi connectivity index (χ1) is 13.5. The first-order valence-corrected chi connectivity index (χ1v) is 10.8. The average Bonchev–Trinajstić information content (AvgIpc) is 2.97. The molecule has 156 valence electrons. The molecule has 0 aromatic heterocycles. The second-order valence-corrected chi connectivity index (χ2v) is 8.76. The SMILES string of the molecule is CCCNCC(C)CC[C@@H]1[C@H]2Cc3cccc(OCC(=O)O)c3C[C@H]2C[C@H]1O. The molecule has 0 heterocycles. The summed E-state index contributed by atoms with van der Waals surface area (Å²) in [7, 11) is 0. The van der Waals surface area contributed by atoms with E-state index in [-0.39, 0.29) is 12.7 Å². The summed E-state index contributed by atoms with van der Waals surface area (Å²) in [5.74, 6) is 1.74. The van der Waals surface area contributed by atoms with Crippen molar-refractivity contribution in [2.24, 2.45) is 23.7 Å². The van der Waals surface area contributed by atoms with Crippen LogP contribution in [0, 0.1) is 23.7 Å². The molecule has 0 aliphatic heterocycles. The molecule has 3 rings (SSSR count). The van der Waals surface area contributed by atoms with E-state index < -0.39 is 5.97 Å². The molecule has 1 saturated carbocycles. The van der Waals surface area contributed by atoms with Gasteiger partial charge in [-0.15, -0.1) is 0 Å². The van der Waals surface area contributed by atoms with E-state index in [0.717, 1.165) is 57.2 Å². The van der Waals surface area contributed by atoms with Crippen LogP contribution in [-0.2, 0) is 17.6 Å². The van der Waals surface area contributed by atoms with Crippen LogP contribution in [0.4, 0.5) is 0 Å². The lowest BCUT2D eigenvalue weighted by Gasteiger charge is -2.32. The number of rotatable bonds is 10. The van der Waals surface area contributed by atoms with E-state index in [0.29, 0.717) is 29.4 Å². The fourth-order valence-corrected chi connectivity index (χ4v) is 5.18. The molecular weight excluding hydrogens is 354 g/mol. The van der Waals surface area contributed by atoms with Gasteiger partial charge < -0.3 is 20.3 Å². The second kappa shape index (κ2) is 9.75. The number of hydrogen-bond acceptors (Lipinski definition) is 4. The predicted octanol–water partition coefficient (Wildman–Crippen LogP) is 3.28. The maximum absolute atomic E-state index is 10.9. The molecule has 0 radical (unpaired) electrons. The summed E-state index contributed by atoms with van der Waals surface area (Å²) in [4.78, 5) is 10.9. The van der Waals surface area contributed by atoms with Gasteiger partial charge in [0.1, 0.15) is 5.75 Å². The normalized spacial score (nSPS) is 27.1. The first kappa shape index (κ1) is 21.1. The molecule has 0 spiro atoms. The molecule has 1 fully saturated rings. The number of aliphatic hydroxyl groups is 1. The predicted molar refractivity (Wildman–Crippen MR) is 110 cm³/mol. The van der Waals surface area contributed by atoms with E-state index in [9.17, 15) is 9.90 Å². The molecule has 1 aromatic carbocycles. The van der Waals surface area contributed by atoms with Crippen LogP contribution in [0.25, 0.3) is 0 Å². The fourth-order valence-electron chi connectivity index (χ4n) is 5.18. The Labute approximate surface area is 168 Å². The molecule has 3 N–H and O–H groups in total.